The second kappa shape index (κ2) is 11.7. The number of allylic oxidation sites excluding steroid dienone is 1. The van der Waals surface area contributed by atoms with Crippen LogP contribution in [0.4, 0.5) is 0 Å². The number of phenols is 1. The highest BCUT2D eigenvalue weighted by atomic mass is 16.5. The van der Waals surface area contributed by atoms with Gasteiger partial charge in [0.25, 0.3) is 0 Å². The van der Waals surface area contributed by atoms with Crippen LogP contribution in [0, 0.1) is 0 Å². The van der Waals surface area contributed by atoms with Crippen molar-refractivity contribution in [3.05, 3.63) is 76.9 Å². The van der Waals surface area contributed by atoms with Gasteiger partial charge in [-0.25, -0.2) is 0 Å². The van der Waals surface area contributed by atoms with Crippen LogP contribution >= 0.6 is 0 Å². The van der Waals surface area contributed by atoms with Crippen molar-refractivity contribution in [2.75, 3.05) is 35.5 Å². The third-order valence-corrected chi connectivity index (χ3v) is 5.31. The number of hydrogen-bond donors (Lipinski definition) is 1. The van der Waals surface area contributed by atoms with E-state index in [0.717, 1.165) is 16.7 Å². The maximum atomic E-state index is 12.8. The number of aromatic hydroxyl groups is 1. The standard InChI is InChI=1S/C28H28O7/c1-31-23-17-25(33-3)24(32-2)16-21(23)22(29)13-12-19-8-6-18(7-9-19)10-11-20-14-26(34-4)28(30)27(15-20)35-5/h6-17,30H,1-5H3/b11-10+,13-12+. The van der Waals surface area contributed by atoms with E-state index in [1.165, 1.54) is 41.6 Å². The third-order valence-electron chi connectivity index (χ3n) is 5.31. The van der Waals surface area contributed by atoms with E-state index in [-0.39, 0.29) is 11.5 Å². The zero-order valence-corrected chi connectivity index (χ0v) is 20.3. The summed E-state index contributed by atoms with van der Waals surface area (Å²) in [4.78, 5) is 12.8. The van der Waals surface area contributed by atoms with Crippen LogP contribution < -0.4 is 23.7 Å². The first kappa shape index (κ1) is 25.2. The van der Waals surface area contributed by atoms with Crippen molar-refractivity contribution in [3.63, 3.8) is 0 Å². The first-order valence-corrected chi connectivity index (χ1v) is 10.7. The smallest absolute Gasteiger partial charge is 0.200 e. The van der Waals surface area contributed by atoms with Gasteiger partial charge < -0.3 is 28.8 Å². The summed E-state index contributed by atoms with van der Waals surface area (Å²) in [6.45, 7) is 0. The molecule has 3 rings (SSSR count). The first-order valence-electron chi connectivity index (χ1n) is 10.7. The highest BCUT2D eigenvalue weighted by Crippen LogP contribution is 2.38. The largest absolute Gasteiger partial charge is 0.502 e. The van der Waals surface area contributed by atoms with Crippen molar-refractivity contribution in [1.82, 2.24) is 0 Å². The Labute approximate surface area is 204 Å². The molecule has 0 aliphatic carbocycles. The quantitative estimate of drug-likeness (QED) is 0.235. The summed E-state index contributed by atoms with van der Waals surface area (Å²) < 4.78 is 26.3. The van der Waals surface area contributed by atoms with Gasteiger partial charge >= 0.3 is 0 Å². The number of phenolic OH excluding ortho intramolecular Hbond substituents is 1. The molecule has 0 saturated heterocycles. The molecule has 3 aromatic rings. The molecule has 0 aliphatic heterocycles. The maximum absolute atomic E-state index is 12.8. The molecule has 0 saturated carbocycles. The SMILES string of the molecule is COc1cc(OC)c(C(=O)/C=C/c2ccc(/C=C/c3cc(OC)c(O)c(OC)c3)cc2)cc1OC. The zero-order valence-electron chi connectivity index (χ0n) is 20.3. The summed E-state index contributed by atoms with van der Waals surface area (Å²) >= 11 is 0. The molecule has 1 N–H and O–H groups in total. The summed E-state index contributed by atoms with van der Waals surface area (Å²) in [5.41, 5.74) is 3.01. The lowest BCUT2D eigenvalue weighted by Crippen LogP contribution is -2.01. The normalized spacial score (nSPS) is 11.0. The Balaban J connectivity index is 1.76. The van der Waals surface area contributed by atoms with Gasteiger partial charge in [0.05, 0.1) is 41.1 Å². The lowest BCUT2D eigenvalue weighted by Gasteiger charge is -2.12. The molecule has 0 fully saturated rings. The van der Waals surface area contributed by atoms with Gasteiger partial charge in [0, 0.05) is 6.07 Å². The Bertz CT molecular complexity index is 1220. The monoisotopic (exact) mass is 476 g/mol. The van der Waals surface area contributed by atoms with Crippen LogP contribution in [0.3, 0.4) is 0 Å². The van der Waals surface area contributed by atoms with Gasteiger partial charge in [-0.1, -0.05) is 42.5 Å². The van der Waals surface area contributed by atoms with Gasteiger partial charge in [-0.2, -0.15) is 0 Å². The molecule has 0 amide bonds. The molecule has 0 heterocycles. The molecule has 0 bridgehead atoms. The van der Waals surface area contributed by atoms with E-state index < -0.39 is 0 Å². The van der Waals surface area contributed by atoms with Gasteiger partial charge in [0.2, 0.25) is 5.75 Å². The van der Waals surface area contributed by atoms with E-state index in [4.69, 9.17) is 23.7 Å². The Kier molecular flexibility index (Phi) is 8.40. The highest BCUT2D eigenvalue weighted by Gasteiger charge is 2.16. The molecule has 0 atom stereocenters. The van der Waals surface area contributed by atoms with Crippen LogP contribution in [0.15, 0.2) is 54.6 Å². The number of carbonyl (C=O) groups excluding carboxylic acids is 1. The molecular weight excluding hydrogens is 448 g/mol. The number of ether oxygens (including phenoxy) is 5. The van der Waals surface area contributed by atoms with Crippen molar-refractivity contribution >= 4 is 24.0 Å². The van der Waals surface area contributed by atoms with Crippen molar-refractivity contribution in [2.45, 2.75) is 0 Å². The second-order valence-corrected chi connectivity index (χ2v) is 7.38. The molecule has 182 valence electrons. The summed E-state index contributed by atoms with van der Waals surface area (Å²) in [6.07, 6.45) is 7.05. The lowest BCUT2D eigenvalue weighted by atomic mass is 10.1. The molecule has 35 heavy (non-hydrogen) atoms. The molecule has 0 spiro atoms. The van der Waals surface area contributed by atoms with Crippen molar-refractivity contribution in [1.29, 1.82) is 0 Å². The molecule has 0 aliphatic rings. The zero-order chi connectivity index (χ0) is 25.4. The van der Waals surface area contributed by atoms with Crippen molar-refractivity contribution < 1.29 is 33.6 Å². The van der Waals surface area contributed by atoms with Gasteiger partial charge in [0.15, 0.2) is 28.8 Å². The lowest BCUT2D eigenvalue weighted by molar-refractivity contribution is 0.104. The third kappa shape index (κ3) is 5.95. The van der Waals surface area contributed by atoms with Gasteiger partial charge in [-0.15, -0.1) is 0 Å². The van der Waals surface area contributed by atoms with E-state index in [0.29, 0.717) is 34.3 Å². The molecule has 0 unspecified atom stereocenters. The van der Waals surface area contributed by atoms with Crippen LogP contribution in [0.5, 0.6) is 34.5 Å². The van der Waals surface area contributed by atoms with Crippen LogP contribution in [0.2, 0.25) is 0 Å². The molecule has 0 aromatic heterocycles. The van der Waals surface area contributed by atoms with Crippen LogP contribution in [-0.4, -0.2) is 46.4 Å². The van der Waals surface area contributed by atoms with E-state index in [9.17, 15) is 9.90 Å². The van der Waals surface area contributed by atoms with Crippen molar-refractivity contribution in [2.24, 2.45) is 0 Å². The maximum Gasteiger partial charge on any atom is 0.200 e. The van der Waals surface area contributed by atoms with E-state index in [2.05, 4.69) is 0 Å². The second-order valence-electron chi connectivity index (χ2n) is 7.38. The number of ketones is 1. The van der Waals surface area contributed by atoms with Gasteiger partial charge in [-0.3, -0.25) is 4.79 Å². The number of carbonyl (C=O) groups is 1. The van der Waals surface area contributed by atoms with Crippen LogP contribution in [0.25, 0.3) is 18.2 Å². The Morgan fingerprint density at radius 2 is 1.06 bits per heavy atom. The number of methoxy groups -OCH3 is 5. The molecule has 7 heteroatoms. The summed E-state index contributed by atoms with van der Waals surface area (Å²) in [5, 5.41) is 10.0. The topological polar surface area (TPSA) is 83.5 Å². The Morgan fingerprint density at radius 3 is 1.57 bits per heavy atom. The minimum atomic E-state index is -0.220. The summed E-state index contributed by atoms with van der Waals surface area (Å²) in [6, 6.07) is 14.4. The van der Waals surface area contributed by atoms with E-state index in [1.54, 1.807) is 30.3 Å². The number of benzene rings is 3. The summed E-state index contributed by atoms with van der Waals surface area (Å²) in [5.74, 6) is 1.74. The van der Waals surface area contributed by atoms with E-state index in [1.807, 2.05) is 36.4 Å². The number of hydrogen-bond acceptors (Lipinski definition) is 7. The average molecular weight is 477 g/mol. The minimum absolute atomic E-state index is 0.0384. The fourth-order valence-electron chi connectivity index (χ4n) is 3.40. The van der Waals surface area contributed by atoms with Gasteiger partial charge in [-0.05, 0) is 41.0 Å². The fraction of sp³-hybridized carbons (Fsp3) is 0.179. The van der Waals surface area contributed by atoms with Crippen LogP contribution in [0.1, 0.15) is 27.0 Å². The molecular formula is C28H28O7. The van der Waals surface area contributed by atoms with Crippen molar-refractivity contribution in [3.8, 4) is 34.5 Å². The Hall–Kier alpha value is -4.39. The highest BCUT2D eigenvalue weighted by molar-refractivity contribution is 6.09. The Morgan fingerprint density at radius 1 is 0.600 bits per heavy atom. The average Bonchev–Trinajstić information content (AvgIpc) is 2.90. The fourth-order valence-corrected chi connectivity index (χ4v) is 3.40. The molecule has 0 radical (unpaired) electrons. The molecule has 3 aromatic carbocycles. The van der Waals surface area contributed by atoms with E-state index >= 15 is 0 Å². The first-order chi connectivity index (χ1) is 16.9. The predicted octanol–water partition coefficient (Wildman–Crippen LogP) is 5.50. The van der Waals surface area contributed by atoms with Gasteiger partial charge in [0.1, 0.15) is 5.75 Å². The predicted molar refractivity (Wildman–Crippen MR) is 136 cm³/mol. The molecule has 7 nitrogen and oxygen atoms in total. The minimum Gasteiger partial charge on any atom is -0.502 e. The van der Waals surface area contributed by atoms with Crippen LogP contribution in [-0.2, 0) is 0 Å². The summed E-state index contributed by atoms with van der Waals surface area (Å²) in [7, 11) is 7.51. The number of rotatable bonds is 10.